The van der Waals surface area contributed by atoms with Gasteiger partial charge in [-0.15, -0.1) is 0 Å². The first kappa shape index (κ1) is 14.9. The van der Waals surface area contributed by atoms with E-state index >= 15 is 0 Å². The van der Waals surface area contributed by atoms with Crippen LogP contribution in [0.2, 0.25) is 0 Å². The van der Waals surface area contributed by atoms with Gasteiger partial charge in [-0.3, -0.25) is 0 Å². The first-order valence-electron chi connectivity index (χ1n) is 7.04. The molecule has 5 heteroatoms. The summed E-state index contributed by atoms with van der Waals surface area (Å²) in [4.78, 5) is 0. The second-order valence-corrected chi connectivity index (χ2v) is 4.46. The Kier molecular flexibility index (Phi) is 10.7. The molecule has 0 radical (unpaired) electrons. The van der Waals surface area contributed by atoms with Gasteiger partial charge in [-0.2, -0.15) is 0 Å². The van der Waals surface area contributed by atoms with Crippen LogP contribution in [-0.2, 0) is 0 Å². The summed E-state index contributed by atoms with van der Waals surface area (Å²) >= 11 is 0. The van der Waals surface area contributed by atoms with Crippen LogP contribution in [0, 0.1) is 0 Å². The number of hydrogen-bond donors (Lipinski definition) is 5. The van der Waals surface area contributed by atoms with Crippen molar-refractivity contribution in [2.45, 2.75) is 12.8 Å². The SMILES string of the molecule is C1CNCCNCCCNCCNCCNC1. The molecule has 5 N–H and O–H groups in total. The molecule has 0 amide bonds. The van der Waals surface area contributed by atoms with Gasteiger partial charge in [-0.25, -0.2) is 0 Å². The zero-order valence-corrected chi connectivity index (χ0v) is 11.0. The summed E-state index contributed by atoms with van der Waals surface area (Å²) in [6.07, 6.45) is 2.42. The minimum atomic E-state index is 1.07. The van der Waals surface area contributed by atoms with Crippen molar-refractivity contribution >= 4 is 0 Å². The Hall–Kier alpha value is -0.200. The van der Waals surface area contributed by atoms with Crippen molar-refractivity contribution in [2.75, 3.05) is 65.4 Å². The minimum absolute atomic E-state index is 1.07. The third-order valence-corrected chi connectivity index (χ3v) is 2.85. The van der Waals surface area contributed by atoms with Gasteiger partial charge in [0.15, 0.2) is 0 Å². The molecular formula is C12H29N5. The van der Waals surface area contributed by atoms with Crippen molar-refractivity contribution in [1.29, 1.82) is 0 Å². The third kappa shape index (κ3) is 10.7. The van der Waals surface area contributed by atoms with Crippen molar-refractivity contribution < 1.29 is 0 Å². The van der Waals surface area contributed by atoms with E-state index in [1.807, 2.05) is 0 Å². The zero-order valence-electron chi connectivity index (χ0n) is 11.0. The fourth-order valence-corrected chi connectivity index (χ4v) is 1.83. The molecule has 1 rings (SSSR count). The molecule has 0 aromatic carbocycles. The molecule has 0 saturated carbocycles. The molecule has 0 aromatic rings. The molecule has 1 aliphatic heterocycles. The highest BCUT2D eigenvalue weighted by Gasteiger charge is 1.93. The van der Waals surface area contributed by atoms with Gasteiger partial charge in [0.1, 0.15) is 0 Å². The Morgan fingerprint density at radius 1 is 0.294 bits per heavy atom. The lowest BCUT2D eigenvalue weighted by atomic mass is 10.4. The van der Waals surface area contributed by atoms with Crippen LogP contribution in [0.4, 0.5) is 0 Å². The van der Waals surface area contributed by atoms with E-state index in [9.17, 15) is 0 Å². The molecule has 1 heterocycles. The van der Waals surface area contributed by atoms with E-state index in [4.69, 9.17) is 0 Å². The average Bonchev–Trinajstić information content (AvgIpc) is 2.35. The van der Waals surface area contributed by atoms with Gasteiger partial charge in [0.25, 0.3) is 0 Å². The van der Waals surface area contributed by atoms with E-state index < -0.39 is 0 Å². The van der Waals surface area contributed by atoms with Gasteiger partial charge in [-0.1, -0.05) is 0 Å². The fourth-order valence-electron chi connectivity index (χ4n) is 1.83. The van der Waals surface area contributed by atoms with Crippen LogP contribution >= 0.6 is 0 Å². The van der Waals surface area contributed by atoms with E-state index in [1.54, 1.807) is 0 Å². The van der Waals surface area contributed by atoms with Crippen molar-refractivity contribution in [3.05, 3.63) is 0 Å². The zero-order chi connectivity index (χ0) is 12.0. The maximum Gasteiger partial charge on any atom is 0.00772 e. The molecule has 0 unspecified atom stereocenters. The Morgan fingerprint density at radius 3 is 0.824 bits per heavy atom. The first-order chi connectivity index (χ1) is 8.50. The van der Waals surface area contributed by atoms with E-state index in [2.05, 4.69) is 26.6 Å². The molecular weight excluding hydrogens is 214 g/mol. The lowest BCUT2D eigenvalue weighted by molar-refractivity contribution is 0.564. The van der Waals surface area contributed by atoms with Crippen LogP contribution < -0.4 is 26.6 Å². The van der Waals surface area contributed by atoms with Gasteiger partial charge in [0.05, 0.1) is 0 Å². The summed E-state index contributed by atoms with van der Waals surface area (Å²) < 4.78 is 0. The van der Waals surface area contributed by atoms with Crippen molar-refractivity contribution in [3.63, 3.8) is 0 Å². The smallest absolute Gasteiger partial charge is 0.00772 e. The topological polar surface area (TPSA) is 60.1 Å². The number of nitrogens with one attached hydrogen (secondary N) is 5. The predicted octanol–water partition coefficient (Wildman–Crippen LogP) is -1.27. The Labute approximate surface area is 105 Å². The monoisotopic (exact) mass is 243 g/mol. The summed E-state index contributed by atoms with van der Waals surface area (Å²) in [6, 6.07) is 0. The Balaban J connectivity index is 2.01. The van der Waals surface area contributed by atoms with Crippen LogP contribution in [0.5, 0.6) is 0 Å². The highest BCUT2D eigenvalue weighted by molar-refractivity contribution is 4.59. The van der Waals surface area contributed by atoms with Crippen LogP contribution in [0.15, 0.2) is 0 Å². The molecule has 0 spiro atoms. The molecule has 1 fully saturated rings. The number of hydrogen-bond acceptors (Lipinski definition) is 5. The third-order valence-electron chi connectivity index (χ3n) is 2.85. The van der Waals surface area contributed by atoms with E-state index in [0.29, 0.717) is 0 Å². The second kappa shape index (κ2) is 12.3. The molecule has 17 heavy (non-hydrogen) atoms. The molecule has 0 aliphatic carbocycles. The molecule has 5 nitrogen and oxygen atoms in total. The van der Waals surface area contributed by atoms with Crippen molar-refractivity contribution in [2.24, 2.45) is 0 Å². The Bertz CT molecular complexity index is 84.3. The normalized spacial score (nSPS) is 24.0. The predicted molar refractivity (Wildman–Crippen MR) is 73.6 cm³/mol. The average molecular weight is 243 g/mol. The molecule has 0 atom stereocenters. The van der Waals surface area contributed by atoms with Crippen LogP contribution in [0.1, 0.15) is 12.8 Å². The van der Waals surface area contributed by atoms with Gasteiger partial charge >= 0.3 is 0 Å². The number of rotatable bonds is 0. The summed E-state index contributed by atoms with van der Waals surface area (Å²) in [5.74, 6) is 0. The molecule has 102 valence electrons. The van der Waals surface area contributed by atoms with Crippen molar-refractivity contribution in [3.8, 4) is 0 Å². The summed E-state index contributed by atoms with van der Waals surface area (Å²) in [7, 11) is 0. The largest absolute Gasteiger partial charge is 0.315 e. The lowest BCUT2D eigenvalue weighted by Gasteiger charge is -2.07. The quantitative estimate of drug-likeness (QED) is 0.367. The second-order valence-electron chi connectivity index (χ2n) is 4.46. The maximum atomic E-state index is 3.45. The fraction of sp³-hybridized carbons (Fsp3) is 1.00. The lowest BCUT2D eigenvalue weighted by Crippen LogP contribution is -2.33. The van der Waals surface area contributed by atoms with E-state index in [-0.39, 0.29) is 0 Å². The highest BCUT2D eigenvalue weighted by atomic mass is 15.0. The summed E-state index contributed by atoms with van der Waals surface area (Å²) in [5, 5.41) is 17.2. The van der Waals surface area contributed by atoms with E-state index in [0.717, 1.165) is 65.4 Å². The molecule has 1 aliphatic rings. The van der Waals surface area contributed by atoms with Gasteiger partial charge in [0.2, 0.25) is 0 Å². The van der Waals surface area contributed by atoms with Gasteiger partial charge in [-0.05, 0) is 39.0 Å². The van der Waals surface area contributed by atoms with Crippen LogP contribution in [0.25, 0.3) is 0 Å². The first-order valence-corrected chi connectivity index (χ1v) is 7.04. The summed E-state index contributed by atoms with van der Waals surface area (Å²) in [5.41, 5.74) is 0. The van der Waals surface area contributed by atoms with Crippen LogP contribution in [0.3, 0.4) is 0 Å². The molecule has 0 bridgehead atoms. The highest BCUT2D eigenvalue weighted by Crippen LogP contribution is 1.75. The Morgan fingerprint density at radius 2 is 0.529 bits per heavy atom. The van der Waals surface area contributed by atoms with Gasteiger partial charge < -0.3 is 26.6 Å². The molecule has 1 saturated heterocycles. The molecule has 0 aromatic heterocycles. The maximum absolute atomic E-state index is 3.45. The van der Waals surface area contributed by atoms with E-state index in [1.165, 1.54) is 12.8 Å². The standard InChI is InChI=1S/C12H29N5/c1-3-13-7-8-14-4-2-6-16-10-12-17-11-9-15-5-1/h13-17H,1-12H2. The van der Waals surface area contributed by atoms with Crippen molar-refractivity contribution in [1.82, 2.24) is 26.6 Å². The van der Waals surface area contributed by atoms with Gasteiger partial charge in [0, 0.05) is 39.3 Å². The summed E-state index contributed by atoms with van der Waals surface area (Å²) in [6.45, 7) is 10.9. The minimum Gasteiger partial charge on any atom is -0.315 e. The van der Waals surface area contributed by atoms with Crippen LogP contribution in [-0.4, -0.2) is 65.4 Å².